The number of aromatic amines is 1. The summed E-state index contributed by atoms with van der Waals surface area (Å²) in [5.74, 6) is -1.01. The van der Waals surface area contributed by atoms with Gasteiger partial charge in [0, 0.05) is 18.7 Å². The van der Waals surface area contributed by atoms with Gasteiger partial charge in [-0.2, -0.15) is 18.3 Å². The van der Waals surface area contributed by atoms with Crippen molar-refractivity contribution in [3.05, 3.63) is 59.5 Å². The average molecular weight is 653 g/mol. The number of H-pyrrole nitrogens is 1. The van der Waals surface area contributed by atoms with Crippen molar-refractivity contribution in [2.75, 3.05) is 22.4 Å². The number of para-hydroxylation sites is 1. The molecule has 0 unspecified atom stereocenters. The minimum absolute atomic E-state index is 0.113. The van der Waals surface area contributed by atoms with E-state index in [0.29, 0.717) is 16.6 Å². The Bertz CT molecular complexity index is 1770. The van der Waals surface area contributed by atoms with Crippen LogP contribution in [0.5, 0.6) is 5.75 Å². The lowest BCUT2D eigenvalue weighted by atomic mass is 10.0. The van der Waals surface area contributed by atoms with Gasteiger partial charge in [-0.1, -0.05) is 39.0 Å². The summed E-state index contributed by atoms with van der Waals surface area (Å²) >= 11 is 0. The molecule has 2 aromatic heterocycles. The molecule has 2 aromatic carbocycles. The van der Waals surface area contributed by atoms with Crippen LogP contribution in [0.25, 0.3) is 22.4 Å². The standard InChI is InChI=1S/C29H36F4N6O3SSi/c1-8-39(43(5,40)41)23-12-10-9-11-18(23)16-34-25-21-17-35-38-27(21)37-26(36-25)20-14-22(30)24(13-19(20)15-29(31,32)33)42-44(6,7)28(2,3)4/h9-14,17H,8,15-16H2,1-7H3,(H2,34,35,36,37,38). The fourth-order valence-electron chi connectivity index (χ4n) is 4.43. The van der Waals surface area contributed by atoms with Crippen molar-refractivity contribution in [1.82, 2.24) is 20.2 Å². The average Bonchev–Trinajstić information content (AvgIpc) is 3.36. The summed E-state index contributed by atoms with van der Waals surface area (Å²) in [6.45, 7) is 11.6. The van der Waals surface area contributed by atoms with Crippen LogP contribution in [-0.4, -0.2) is 55.9 Å². The molecule has 4 rings (SSSR count). The van der Waals surface area contributed by atoms with Crippen molar-refractivity contribution < 1.29 is 30.4 Å². The number of sulfonamides is 1. The maximum absolute atomic E-state index is 15.5. The van der Waals surface area contributed by atoms with Crippen LogP contribution in [0, 0.1) is 5.82 Å². The number of hydrogen-bond donors (Lipinski definition) is 2. The number of anilines is 2. The molecule has 0 aliphatic heterocycles. The predicted molar refractivity (Wildman–Crippen MR) is 166 cm³/mol. The van der Waals surface area contributed by atoms with Gasteiger partial charge in [-0.3, -0.25) is 9.40 Å². The third kappa shape index (κ3) is 7.31. The lowest BCUT2D eigenvalue weighted by Gasteiger charge is -2.36. The lowest BCUT2D eigenvalue weighted by molar-refractivity contribution is -0.127. The van der Waals surface area contributed by atoms with E-state index in [0.717, 1.165) is 18.4 Å². The highest BCUT2D eigenvalue weighted by Gasteiger charge is 2.40. The Morgan fingerprint density at radius 2 is 1.75 bits per heavy atom. The van der Waals surface area contributed by atoms with Crippen molar-refractivity contribution in [2.45, 2.75) is 65.0 Å². The highest BCUT2D eigenvalue weighted by atomic mass is 32.2. The van der Waals surface area contributed by atoms with Crippen molar-refractivity contribution >= 4 is 40.9 Å². The third-order valence-corrected chi connectivity index (χ3v) is 13.3. The first-order chi connectivity index (χ1) is 20.3. The van der Waals surface area contributed by atoms with Crippen LogP contribution in [0.4, 0.5) is 29.1 Å². The molecule has 9 nitrogen and oxygen atoms in total. The van der Waals surface area contributed by atoms with Crippen LogP contribution in [0.15, 0.2) is 42.6 Å². The number of aromatic nitrogens is 4. The van der Waals surface area contributed by atoms with E-state index in [9.17, 15) is 21.6 Å². The molecular formula is C29H36F4N6O3SSi. The lowest BCUT2D eigenvalue weighted by Crippen LogP contribution is -2.44. The van der Waals surface area contributed by atoms with Crippen LogP contribution in [0.2, 0.25) is 18.1 Å². The molecule has 0 spiro atoms. The summed E-state index contributed by atoms with van der Waals surface area (Å²) < 4.78 is 88.9. The molecule has 15 heteroatoms. The topological polar surface area (TPSA) is 113 Å². The van der Waals surface area contributed by atoms with Gasteiger partial charge < -0.3 is 9.74 Å². The highest BCUT2D eigenvalue weighted by molar-refractivity contribution is 7.92. The highest BCUT2D eigenvalue weighted by Crippen LogP contribution is 2.40. The van der Waals surface area contributed by atoms with Gasteiger partial charge in [-0.25, -0.2) is 22.8 Å². The summed E-state index contributed by atoms with van der Waals surface area (Å²) in [6.07, 6.45) is -3.38. The number of halogens is 4. The Kier molecular flexibility index (Phi) is 9.04. The first kappa shape index (κ1) is 33.2. The minimum Gasteiger partial charge on any atom is -0.542 e. The SMILES string of the molecule is CCN(c1ccccc1CNc1nc(-c2cc(F)c(O[Si](C)(C)C(C)(C)C)cc2CC(F)(F)F)nc2[nH]ncc12)S(C)(=O)=O. The van der Waals surface area contributed by atoms with Crippen molar-refractivity contribution in [3.63, 3.8) is 0 Å². The fraction of sp³-hybridized carbons (Fsp3) is 0.414. The van der Waals surface area contributed by atoms with Crippen molar-refractivity contribution in [2.24, 2.45) is 0 Å². The molecule has 0 aliphatic carbocycles. The zero-order chi connectivity index (χ0) is 32.7. The molecule has 0 saturated heterocycles. The van der Waals surface area contributed by atoms with E-state index < -0.39 is 36.8 Å². The van der Waals surface area contributed by atoms with Crippen molar-refractivity contribution in [1.29, 1.82) is 0 Å². The first-order valence-electron chi connectivity index (χ1n) is 13.9. The van der Waals surface area contributed by atoms with Gasteiger partial charge in [0.15, 0.2) is 17.3 Å². The Morgan fingerprint density at radius 3 is 2.36 bits per heavy atom. The third-order valence-electron chi connectivity index (χ3n) is 7.66. The second-order valence-electron chi connectivity index (χ2n) is 12.0. The Morgan fingerprint density at radius 1 is 1.07 bits per heavy atom. The number of nitrogens with zero attached hydrogens (tertiary/aromatic N) is 4. The molecule has 44 heavy (non-hydrogen) atoms. The van der Waals surface area contributed by atoms with E-state index in [4.69, 9.17) is 4.43 Å². The van der Waals surface area contributed by atoms with E-state index in [1.165, 1.54) is 10.5 Å². The van der Waals surface area contributed by atoms with Crippen LogP contribution >= 0.6 is 0 Å². The maximum Gasteiger partial charge on any atom is 0.393 e. The summed E-state index contributed by atoms with van der Waals surface area (Å²) in [4.78, 5) is 8.86. The largest absolute Gasteiger partial charge is 0.542 e. The van der Waals surface area contributed by atoms with E-state index in [-0.39, 0.29) is 52.3 Å². The first-order valence-corrected chi connectivity index (χ1v) is 18.7. The van der Waals surface area contributed by atoms with Crippen LogP contribution in [0.3, 0.4) is 0 Å². The second kappa shape index (κ2) is 12.0. The van der Waals surface area contributed by atoms with E-state index >= 15 is 4.39 Å². The number of alkyl halides is 3. The second-order valence-corrected chi connectivity index (χ2v) is 18.7. The molecule has 238 valence electrons. The van der Waals surface area contributed by atoms with Gasteiger partial charge in [-0.15, -0.1) is 0 Å². The van der Waals surface area contributed by atoms with Gasteiger partial charge in [0.05, 0.1) is 29.9 Å². The van der Waals surface area contributed by atoms with E-state index in [1.54, 1.807) is 31.2 Å². The zero-order valence-corrected chi connectivity index (χ0v) is 27.4. The van der Waals surface area contributed by atoms with Gasteiger partial charge in [-0.05, 0) is 54.4 Å². The van der Waals surface area contributed by atoms with Crippen LogP contribution in [-0.2, 0) is 23.0 Å². The molecule has 0 fully saturated rings. The summed E-state index contributed by atoms with van der Waals surface area (Å²) in [5, 5.41) is 9.97. The molecule has 0 atom stereocenters. The zero-order valence-electron chi connectivity index (χ0n) is 25.6. The van der Waals surface area contributed by atoms with E-state index in [1.807, 2.05) is 33.9 Å². The normalized spacial score (nSPS) is 12.9. The number of hydrogen-bond acceptors (Lipinski definition) is 7. The molecule has 0 aliphatic rings. The molecule has 0 bridgehead atoms. The molecule has 4 aromatic rings. The monoisotopic (exact) mass is 652 g/mol. The fourth-order valence-corrected chi connectivity index (χ4v) is 6.45. The molecule has 2 heterocycles. The Labute approximate surface area is 255 Å². The quantitative estimate of drug-likeness (QED) is 0.140. The molecule has 0 amide bonds. The van der Waals surface area contributed by atoms with Gasteiger partial charge in [0.1, 0.15) is 11.6 Å². The maximum atomic E-state index is 15.5. The summed E-state index contributed by atoms with van der Waals surface area (Å²) in [6, 6.07) is 8.98. The molecular weight excluding hydrogens is 617 g/mol. The van der Waals surface area contributed by atoms with Crippen LogP contribution in [0.1, 0.15) is 38.8 Å². The Balaban J connectivity index is 1.79. The number of fused-ring (bicyclic) bond motifs is 1. The Hall–Kier alpha value is -3.72. The summed E-state index contributed by atoms with van der Waals surface area (Å²) in [7, 11) is -6.14. The molecule has 0 saturated carbocycles. The van der Waals surface area contributed by atoms with Gasteiger partial charge in [0.2, 0.25) is 10.0 Å². The van der Waals surface area contributed by atoms with E-state index in [2.05, 4.69) is 25.5 Å². The van der Waals surface area contributed by atoms with Crippen molar-refractivity contribution in [3.8, 4) is 17.1 Å². The minimum atomic E-state index is -4.60. The number of benzene rings is 2. The summed E-state index contributed by atoms with van der Waals surface area (Å²) in [5.41, 5.74) is 0.935. The van der Waals surface area contributed by atoms with Gasteiger partial charge in [0.25, 0.3) is 8.32 Å². The smallest absolute Gasteiger partial charge is 0.393 e. The predicted octanol–water partition coefficient (Wildman–Crippen LogP) is 7.05. The van der Waals surface area contributed by atoms with Crippen LogP contribution < -0.4 is 14.0 Å². The van der Waals surface area contributed by atoms with Gasteiger partial charge >= 0.3 is 6.18 Å². The number of nitrogens with one attached hydrogen (secondary N) is 2. The molecule has 0 radical (unpaired) electrons. The number of rotatable bonds is 10. The molecule has 2 N–H and O–H groups in total.